The van der Waals surface area contributed by atoms with E-state index in [-0.39, 0.29) is 0 Å². The van der Waals surface area contributed by atoms with E-state index in [0.29, 0.717) is 5.54 Å². The lowest BCUT2D eigenvalue weighted by Crippen LogP contribution is -2.54. The summed E-state index contributed by atoms with van der Waals surface area (Å²) in [5.74, 6) is 0. The normalized spacial score (nSPS) is 27.5. The first kappa shape index (κ1) is 14.3. The molecule has 3 heteroatoms. The van der Waals surface area contributed by atoms with Crippen LogP contribution in [0.15, 0.2) is 0 Å². The van der Waals surface area contributed by atoms with Gasteiger partial charge in [-0.05, 0) is 65.7 Å². The molecule has 0 bridgehead atoms. The fraction of sp³-hybridized carbons (Fsp3) is 1.00. The Balaban J connectivity index is 1.74. The summed E-state index contributed by atoms with van der Waals surface area (Å²) < 4.78 is 0. The van der Waals surface area contributed by atoms with Crippen LogP contribution in [-0.4, -0.2) is 61.2 Å². The second-order valence-corrected chi connectivity index (χ2v) is 6.42. The summed E-state index contributed by atoms with van der Waals surface area (Å²) in [4.78, 5) is 5.39. The zero-order valence-corrected chi connectivity index (χ0v) is 12.5. The minimum absolute atomic E-state index is 0.388. The van der Waals surface area contributed by atoms with Crippen molar-refractivity contribution in [3.63, 3.8) is 0 Å². The molecule has 2 heterocycles. The van der Waals surface area contributed by atoms with Gasteiger partial charge in [-0.1, -0.05) is 6.92 Å². The maximum atomic E-state index is 3.49. The first-order chi connectivity index (χ1) is 8.67. The molecule has 0 radical (unpaired) electrons. The number of piperidine rings is 2. The van der Waals surface area contributed by atoms with E-state index in [4.69, 9.17) is 0 Å². The van der Waals surface area contributed by atoms with Gasteiger partial charge in [0, 0.05) is 24.7 Å². The van der Waals surface area contributed by atoms with Crippen molar-refractivity contribution in [2.24, 2.45) is 0 Å². The molecule has 0 amide bonds. The number of rotatable bonds is 4. The minimum Gasteiger partial charge on any atom is -0.314 e. The van der Waals surface area contributed by atoms with Gasteiger partial charge >= 0.3 is 0 Å². The number of nitrogens with zero attached hydrogens (tertiary/aromatic N) is 2. The van der Waals surface area contributed by atoms with Crippen LogP contribution in [0.25, 0.3) is 0 Å². The molecule has 18 heavy (non-hydrogen) atoms. The highest BCUT2D eigenvalue weighted by atomic mass is 15.2. The Labute approximate surface area is 113 Å². The molecule has 2 fully saturated rings. The predicted molar refractivity (Wildman–Crippen MR) is 78.0 cm³/mol. The van der Waals surface area contributed by atoms with Crippen LogP contribution in [0.3, 0.4) is 0 Å². The summed E-state index contributed by atoms with van der Waals surface area (Å²) in [5, 5.41) is 3.49. The van der Waals surface area contributed by atoms with Gasteiger partial charge in [0.1, 0.15) is 0 Å². The van der Waals surface area contributed by atoms with E-state index in [2.05, 4.69) is 36.0 Å². The monoisotopic (exact) mass is 253 g/mol. The second kappa shape index (κ2) is 6.36. The van der Waals surface area contributed by atoms with E-state index >= 15 is 0 Å². The summed E-state index contributed by atoms with van der Waals surface area (Å²) in [6, 6.07) is 0.861. The van der Waals surface area contributed by atoms with Gasteiger partial charge in [-0.15, -0.1) is 0 Å². The van der Waals surface area contributed by atoms with Gasteiger partial charge in [0.25, 0.3) is 0 Å². The van der Waals surface area contributed by atoms with Crippen molar-refractivity contribution in [3.05, 3.63) is 0 Å². The third-order valence-electron chi connectivity index (χ3n) is 5.12. The van der Waals surface area contributed by atoms with Crippen molar-refractivity contribution in [1.29, 1.82) is 0 Å². The molecular formula is C15H31N3. The molecule has 0 aromatic carbocycles. The fourth-order valence-corrected chi connectivity index (χ4v) is 3.46. The first-order valence-corrected chi connectivity index (χ1v) is 7.82. The van der Waals surface area contributed by atoms with Crippen molar-refractivity contribution >= 4 is 0 Å². The SMILES string of the molecule is CCCN1CCC(N2CCC(C)(NC)CC2)CC1. The second-order valence-electron chi connectivity index (χ2n) is 6.42. The summed E-state index contributed by atoms with van der Waals surface area (Å²) in [5.41, 5.74) is 0.388. The molecule has 0 aromatic heterocycles. The summed E-state index contributed by atoms with van der Waals surface area (Å²) in [6.45, 7) is 11.2. The summed E-state index contributed by atoms with van der Waals surface area (Å²) >= 11 is 0. The van der Waals surface area contributed by atoms with Gasteiger partial charge in [-0.3, -0.25) is 0 Å². The Morgan fingerprint density at radius 3 is 2.22 bits per heavy atom. The molecule has 1 N–H and O–H groups in total. The van der Waals surface area contributed by atoms with E-state index in [0.717, 1.165) is 6.04 Å². The van der Waals surface area contributed by atoms with E-state index < -0.39 is 0 Å². The van der Waals surface area contributed by atoms with Crippen LogP contribution in [0.5, 0.6) is 0 Å². The van der Waals surface area contributed by atoms with Crippen molar-refractivity contribution in [1.82, 2.24) is 15.1 Å². The third-order valence-corrected chi connectivity index (χ3v) is 5.12. The molecule has 0 saturated carbocycles. The maximum absolute atomic E-state index is 3.49. The molecule has 106 valence electrons. The van der Waals surface area contributed by atoms with Gasteiger partial charge in [-0.2, -0.15) is 0 Å². The van der Waals surface area contributed by atoms with Crippen LogP contribution < -0.4 is 5.32 Å². The van der Waals surface area contributed by atoms with Crippen LogP contribution in [0, 0.1) is 0 Å². The zero-order chi connectivity index (χ0) is 13.0. The summed E-state index contributed by atoms with van der Waals surface area (Å²) in [7, 11) is 2.11. The van der Waals surface area contributed by atoms with Gasteiger partial charge in [-0.25, -0.2) is 0 Å². The molecule has 0 unspecified atom stereocenters. The lowest BCUT2D eigenvalue weighted by atomic mass is 9.88. The quantitative estimate of drug-likeness (QED) is 0.826. The highest BCUT2D eigenvalue weighted by molar-refractivity contribution is 4.91. The third kappa shape index (κ3) is 3.46. The van der Waals surface area contributed by atoms with E-state index in [1.165, 1.54) is 64.8 Å². The Morgan fingerprint density at radius 1 is 1.11 bits per heavy atom. The Hall–Kier alpha value is -0.120. The predicted octanol–water partition coefficient (Wildman–Crippen LogP) is 1.93. The van der Waals surface area contributed by atoms with Crippen molar-refractivity contribution in [2.75, 3.05) is 39.8 Å². The Bertz CT molecular complexity index is 238. The lowest BCUT2D eigenvalue weighted by Gasteiger charge is -2.45. The molecule has 0 spiro atoms. The molecule has 0 aromatic rings. The minimum atomic E-state index is 0.388. The van der Waals surface area contributed by atoms with E-state index in [1.807, 2.05) is 0 Å². The molecule has 2 saturated heterocycles. The van der Waals surface area contributed by atoms with Gasteiger partial charge in [0.2, 0.25) is 0 Å². The smallest absolute Gasteiger partial charge is 0.0174 e. The first-order valence-electron chi connectivity index (χ1n) is 7.82. The van der Waals surface area contributed by atoms with E-state index in [9.17, 15) is 0 Å². The molecule has 2 rings (SSSR count). The topological polar surface area (TPSA) is 18.5 Å². The van der Waals surface area contributed by atoms with Crippen molar-refractivity contribution in [2.45, 2.75) is 57.5 Å². The van der Waals surface area contributed by atoms with Crippen LogP contribution in [0.1, 0.15) is 46.0 Å². The lowest BCUT2D eigenvalue weighted by molar-refractivity contribution is 0.0667. The van der Waals surface area contributed by atoms with Crippen LogP contribution in [-0.2, 0) is 0 Å². The maximum Gasteiger partial charge on any atom is 0.0174 e. The van der Waals surface area contributed by atoms with Gasteiger partial charge in [0.05, 0.1) is 0 Å². The molecular weight excluding hydrogens is 222 g/mol. The average Bonchev–Trinajstić information content (AvgIpc) is 2.41. The largest absolute Gasteiger partial charge is 0.314 e. The van der Waals surface area contributed by atoms with Crippen LogP contribution in [0.4, 0.5) is 0 Å². The van der Waals surface area contributed by atoms with Gasteiger partial charge in [0.15, 0.2) is 0 Å². The Kier molecular flexibility index (Phi) is 5.05. The molecule has 0 aliphatic carbocycles. The fourth-order valence-electron chi connectivity index (χ4n) is 3.46. The standard InChI is InChI=1S/C15H31N3/c1-4-9-17-10-5-14(6-11-17)18-12-7-15(2,16-3)8-13-18/h14,16H,4-13H2,1-3H3. The molecule has 0 atom stereocenters. The number of hydrogen-bond acceptors (Lipinski definition) is 3. The number of hydrogen-bond donors (Lipinski definition) is 1. The van der Waals surface area contributed by atoms with Crippen LogP contribution >= 0.6 is 0 Å². The van der Waals surface area contributed by atoms with Crippen molar-refractivity contribution < 1.29 is 0 Å². The van der Waals surface area contributed by atoms with Crippen molar-refractivity contribution in [3.8, 4) is 0 Å². The number of nitrogens with one attached hydrogen (secondary N) is 1. The van der Waals surface area contributed by atoms with E-state index in [1.54, 1.807) is 0 Å². The highest BCUT2D eigenvalue weighted by Crippen LogP contribution is 2.26. The highest BCUT2D eigenvalue weighted by Gasteiger charge is 2.32. The molecule has 2 aliphatic rings. The number of likely N-dealkylation sites (tertiary alicyclic amines) is 2. The summed E-state index contributed by atoms with van der Waals surface area (Å²) in [6.07, 6.45) is 6.68. The average molecular weight is 253 g/mol. The molecule has 3 nitrogen and oxygen atoms in total. The molecule has 2 aliphatic heterocycles. The van der Waals surface area contributed by atoms with Crippen LogP contribution in [0.2, 0.25) is 0 Å². The zero-order valence-electron chi connectivity index (χ0n) is 12.5. The van der Waals surface area contributed by atoms with Gasteiger partial charge < -0.3 is 15.1 Å². The Morgan fingerprint density at radius 2 is 1.72 bits per heavy atom.